The van der Waals surface area contributed by atoms with Gasteiger partial charge in [-0.1, -0.05) is 24.3 Å². The molecule has 0 spiro atoms. The number of rotatable bonds is 7. The number of pyridine rings is 2. The first-order chi connectivity index (χ1) is 14.1. The number of benzene rings is 1. The quantitative estimate of drug-likeness (QED) is 0.511. The molecule has 1 atom stereocenters. The normalized spacial score (nSPS) is 12.6. The Balaban J connectivity index is 1.60. The summed E-state index contributed by atoms with van der Waals surface area (Å²) in [6, 6.07) is 19.4. The summed E-state index contributed by atoms with van der Waals surface area (Å²) in [7, 11) is -3.79. The Morgan fingerprint density at radius 2 is 1.62 bits per heavy atom. The lowest BCUT2D eigenvalue weighted by Gasteiger charge is -2.18. The van der Waals surface area contributed by atoms with Crippen LogP contribution in [0.4, 0.5) is 0 Å². The SMILES string of the molecule is O=S(=O)(NC(Cc1ccc(-n2cccn2)cc1)c1ccccn1)c1ccccn1. The average molecular weight is 405 g/mol. The predicted octanol–water partition coefficient (Wildman–Crippen LogP) is 2.92. The van der Waals surface area contributed by atoms with Gasteiger partial charge in [-0.05, 0) is 54.4 Å². The van der Waals surface area contributed by atoms with Crippen molar-refractivity contribution in [1.29, 1.82) is 0 Å². The van der Waals surface area contributed by atoms with Gasteiger partial charge in [0.25, 0.3) is 10.0 Å². The molecule has 0 saturated heterocycles. The van der Waals surface area contributed by atoms with Gasteiger partial charge in [-0.25, -0.2) is 22.8 Å². The molecule has 0 radical (unpaired) electrons. The van der Waals surface area contributed by atoms with Crippen molar-refractivity contribution < 1.29 is 8.42 Å². The molecular formula is C21H19N5O2S. The molecule has 0 saturated carbocycles. The van der Waals surface area contributed by atoms with Crippen LogP contribution in [0.5, 0.6) is 0 Å². The summed E-state index contributed by atoms with van der Waals surface area (Å²) in [6.45, 7) is 0. The van der Waals surface area contributed by atoms with Gasteiger partial charge in [0.1, 0.15) is 0 Å². The van der Waals surface area contributed by atoms with Crippen LogP contribution in [0, 0.1) is 0 Å². The zero-order valence-electron chi connectivity index (χ0n) is 15.5. The first-order valence-electron chi connectivity index (χ1n) is 9.05. The molecule has 3 aromatic heterocycles. The van der Waals surface area contributed by atoms with E-state index in [9.17, 15) is 8.42 Å². The second-order valence-corrected chi connectivity index (χ2v) is 8.08. The monoisotopic (exact) mass is 405 g/mol. The molecule has 0 fully saturated rings. The van der Waals surface area contributed by atoms with Gasteiger partial charge in [0.15, 0.2) is 5.03 Å². The van der Waals surface area contributed by atoms with Crippen LogP contribution >= 0.6 is 0 Å². The van der Waals surface area contributed by atoms with E-state index in [2.05, 4.69) is 19.8 Å². The maximum atomic E-state index is 12.8. The van der Waals surface area contributed by atoms with Crippen LogP contribution in [0.2, 0.25) is 0 Å². The van der Waals surface area contributed by atoms with Gasteiger partial charge in [-0.15, -0.1) is 0 Å². The van der Waals surface area contributed by atoms with Gasteiger partial charge in [0.2, 0.25) is 0 Å². The summed E-state index contributed by atoms with van der Waals surface area (Å²) in [5.41, 5.74) is 2.55. The third-order valence-corrected chi connectivity index (χ3v) is 5.79. The van der Waals surface area contributed by atoms with Gasteiger partial charge in [0, 0.05) is 24.8 Å². The molecule has 3 heterocycles. The molecule has 1 N–H and O–H groups in total. The van der Waals surface area contributed by atoms with E-state index in [0.717, 1.165) is 11.3 Å². The third kappa shape index (κ3) is 4.56. The zero-order valence-corrected chi connectivity index (χ0v) is 16.3. The van der Waals surface area contributed by atoms with Crippen LogP contribution in [-0.2, 0) is 16.4 Å². The van der Waals surface area contributed by atoms with Crippen LogP contribution < -0.4 is 4.72 Å². The van der Waals surface area contributed by atoms with Crippen molar-refractivity contribution in [3.05, 3.63) is 103 Å². The maximum Gasteiger partial charge on any atom is 0.258 e. The topological polar surface area (TPSA) is 89.8 Å². The largest absolute Gasteiger partial charge is 0.260 e. The summed E-state index contributed by atoms with van der Waals surface area (Å²) in [5.74, 6) is 0. The Bertz CT molecular complexity index is 1150. The number of aromatic nitrogens is 4. The molecule has 0 amide bonds. The molecular weight excluding hydrogens is 386 g/mol. The first-order valence-corrected chi connectivity index (χ1v) is 10.5. The molecule has 1 aromatic carbocycles. The Morgan fingerprint density at radius 1 is 0.862 bits per heavy atom. The second-order valence-electron chi connectivity index (χ2n) is 6.42. The highest BCUT2D eigenvalue weighted by Crippen LogP contribution is 2.20. The van der Waals surface area contributed by atoms with Crippen LogP contribution in [0.15, 0.2) is 96.5 Å². The van der Waals surface area contributed by atoms with Gasteiger partial charge < -0.3 is 0 Å². The van der Waals surface area contributed by atoms with Crippen molar-refractivity contribution in [2.24, 2.45) is 0 Å². The van der Waals surface area contributed by atoms with Gasteiger partial charge in [-0.3, -0.25) is 4.98 Å². The highest BCUT2D eigenvalue weighted by Gasteiger charge is 2.23. The minimum atomic E-state index is -3.79. The Hall–Kier alpha value is -3.36. The lowest BCUT2D eigenvalue weighted by molar-refractivity contribution is 0.546. The molecule has 1 unspecified atom stereocenters. The van der Waals surface area contributed by atoms with E-state index in [0.29, 0.717) is 12.1 Å². The average Bonchev–Trinajstić information content (AvgIpc) is 3.30. The van der Waals surface area contributed by atoms with E-state index in [1.165, 1.54) is 12.3 Å². The van der Waals surface area contributed by atoms with Gasteiger partial charge in [0.05, 0.1) is 17.4 Å². The van der Waals surface area contributed by atoms with Crippen molar-refractivity contribution in [1.82, 2.24) is 24.5 Å². The lowest BCUT2D eigenvalue weighted by Crippen LogP contribution is -2.31. The molecule has 29 heavy (non-hydrogen) atoms. The number of sulfonamides is 1. The third-order valence-electron chi connectivity index (χ3n) is 4.40. The molecule has 0 aliphatic heterocycles. The van der Waals surface area contributed by atoms with Crippen LogP contribution in [-0.4, -0.2) is 28.2 Å². The molecule has 0 aliphatic rings. The molecule has 4 rings (SSSR count). The Labute approximate surface area is 169 Å². The van der Waals surface area contributed by atoms with Gasteiger partial charge in [-0.2, -0.15) is 5.10 Å². The molecule has 0 bridgehead atoms. The van der Waals surface area contributed by atoms with Crippen molar-refractivity contribution >= 4 is 10.0 Å². The Kier molecular flexibility index (Phi) is 5.46. The van der Waals surface area contributed by atoms with Crippen molar-refractivity contribution in [2.75, 3.05) is 0 Å². The minimum Gasteiger partial charge on any atom is -0.260 e. The molecule has 8 heteroatoms. The number of hydrogen-bond acceptors (Lipinski definition) is 5. The fourth-order valence-corrected chi connectivity index (χ4v) is 4.14. The van der Waals surface area contributed by atoms with E-state index >= 15 is 0 Å². The van der Waals surface area contributed by atoms with Crippen molar-refractivity contribution in [3.63, 3.8) is 0 Å². The number of nitrogens with zero attached hydrogens (tertiary/aromatic N) is 4. The maximum absolute atomic E-state index is 12.8. The second kappa shape index (κ2) is 8.34. The van der Waals surface area contributed by atoms with Crippen LogP contribution in [0.1, 0.15) is 17.3 Å². The predicted molar refractivity (Wildman–Crippen MR) is 109 cm³/mol. The molecule has 146 valence electrons. The summed E-state index contributed by atoms with van der Waals surface area (Å²) < 4.78 is 30.1. The first kappa shape index (κ1) is 19.0. The van der Waals surface area contributed by atoms with E-state index < -0.39 is 16.1 Å². The number of nitrogens with one attached hydrogen (secondary N) is 1. The highest BCUT2D eigenvalue weighted by molar-refractivity contribution is 7.89. The summed E-state index contributed by atoms with van der Waals surface area (Å²) >= 11 is 0. The molecule has 7 nitrogen and oxygen atoms in total. The van der Waals surface area contributed by atoms with E-state index in [1.807, 2.05) is 48.7 Å². The standard InChI is InChI=1S/C21H19N5O2S/c27-29(28,21-7-2-4-13-23-21)25-20(19-6-1-3-12-22-19)16-17-8-10-18(11-9-17)26-15-5-14-24-26/h1-15,20,25H,16H2. The van der Waals surface area contributed by atoms with E-state index in [1.54, 1.807) is 35.3 Å². The van der Waals surface area contributed by atoms with Gasteiger partial charge >= 0.3 is 0 Å². The summed E-state index contributed by atoms with van der Waals surface area (Å²) in [4.78, 5) is 8.31. The van der Waals surface area contributed by atoms with E-state index in [-0.39, 0.29) is 5.03 Å². The smallest absolute Gasteiger partial charge is 0.258 e. The van der Waals surface area contributed by atoms with Crippen LogP contribution in [0.3, 0.4) is 0 Å². The fraction of sp³-hybridized carbons (Fsp3) is 0.0952. The summed E-state index contributed by atoms with van der Waals surface area (Å²) in [5, 5.41) is 4.20. The summed E-state index contributed by atoms with van der Waals surface area (Å²) in [6.07, 6.45) is 7.14. The molecule has 4 aromatic rings. The fourth-order valence-electron chi connectivity index (χ4n) is 2.98. The highest BCUT2D eigenvalue weighted by atomic mass is 32.2. The molecule has 0 aliphatic carbocycles. The Morgan fingerprint density at radius 3 is 2.24 bits per heavy atom. The van der Waals surface area contributed by atoms with Crippen molar-refractivity contribution in [3.8, 4) is 5.69 Å². The minimum absolute atomic E-state index is 0.0186. The number of hydrogen-bond donors (Lipinski definition) is 1. The van der Waals surface area contributed by atoms with E-state index in [4.69, 9.17) is 0 Å². The van der Waals surface area contributed by atoms with Crippen LogP contribution in [0.25, 0.3) is 5.69 Å². The zero-order chi connectivity index (χ0) is 20.1. The van der Waals surface area contributed by atoms with Crippen molar-refractivity contribution in [2.45, 2.75) is 17.5 Å². The lowest BCUT2D eigenvalue weighted by atomic mass is 10.0.